The first kappa shape index (κ1) is 17.4. The summed E-state index contributed by atoms with van der Waals surface area (Å²) in [6.45, 7) is 0. The molecule has 29 heavy (non-hydrogen) atoms. The number of pyridine rings is 2. The van der Waals surface area contributed by atoms with Crippen molar-refractivity contribution < 1.29 is 0 Å². The predicted molar refractivity (Wildman–Crippen MR) is 117 cm³/mol. The maximum absolute atomic E-state index is 6.42. The number of anilines is 3. The lowest BCUT2D eigenvalue weighted by Gasteiger charge is -2.13. The Morgan fingerprint density at radius 2 is 1.62 bits per heavy atom. The van der Waals surface area contributed by atoms with Crippen molar-refractivity contribution in [1.82, 2.24) is 19.9 Å². The van der Waals surface area contributed by atoms with Crippen LogP contribution >= 0.6 is 11.8 Å². The van der Waals surface area contributed by atoms with Crippen LogP contribution in [-0.4, -0.2) is 19.9 Å². The molecule has 6 nitrogen and oxygen atoms in total. The molecule has 2 aromatic carbocycles. The van der Waals surface area contributed by atoms with E-state index in [-0.39, 0.29) is 0 Å². The van der Waals surface area contributed by atoms with Crippen LogP contribution in [-0.2, 0) is 0 Å². The van der Waals surface area contributed by atoms with E-state index in [0.29, 0.717) is 16.5 Å². The molecule has 5 aromatic rings. The minimum atomic E-state index is 0.492. The molecule has 3 N–H and O–H groups in total. The van der Waals surface area contributed by atoms with Gasteiger partial charge in [-0.15, -0.1) is 0 Å². The molecule has 0 saturated heterocycles. The van der Waals surface area contributed by atoms with Crippen molar-refractivity contribution in [2.24, 2.45) is 0 Å². The Morgan fingerprint density at radius 3 is 2.59 bits per heavy atom. The summed E-state index contributed by atoms with van der Waals surface area (Å²) in [4.78, 5) is 18.6. The maximum atomic E-state index is 6.42. The van der Waals surface area contributed by atoms with Gasteiger partial charge in [0, 0.05) is 33.7 Å². The largest absolute Gasteiger partial charge is 0.394 e. The summed E-state index contributed by atoms with van der Waals surface area (Å²) in [6.07, 6.45) is 5.08. The van der Waals surface area contributed by atoms with Crippen molar-refractivity contribution in [2.75, 3.05) is 11.1 Å². The first-order valence-electron chi connectivity index (χ1n) is 9.02. The molecule has 0 atom stereocenters. The number of fused-ring (bicyclic) bond motifs is 2. The van der Waals surface area contributed by atoms with Crippen molar-refractivity contribution in [1.29, 1.82) is 0 Å². The number of para-hydroxylation sites is 1. The molecule has 140 valence electrons. The zero-order valence-electron chi connectivity index (χ0n) is 15.3. The molecule has 0 fully saturated rings. The van der Waals surface area contributed by atoms with Gasteiger partial charge in [-0.05, 0) is 36.4 Å². The predicted octanol–water partition coefficient (Wildman–Crippen LogP) is 5.05. The number of nitrogens with two attached hydrogens (primary N) is 1. The summed E-state index contributed by atoms with van der Waals surface area (Å²) in [7, 11) is 0. The van der Waals surface area contributed by atoms with Gasteiger partial charge in [-0.2, -0.15) is 0 Å². The summed E-state index contributed by atoms with van der Waals surface area (Å²) in [5.41, 5.74) is 9.64. The average Bonchev–Trinajstić information content (AvgIpc) is 2.77. The topological polar surface area (TPSA) is 89.6 Å². The van der Waals surface area contributed by atoms with E-state index in [1.807, 2.05) is 60.7 Å². The molecular weight excluding hydrogens is 380 g/mol. The lowest BCUT2D eigenvalue weighted by Crippen LogP contribution is -2.03. The van der Waals surface area contributed by atoms with Gasteiger partial charge < -0.3 is 11.1 Å². The van der Waals surface area contributed by atoms with E-state index in [2.05, 4.69) is 25.3 Å². The number of rotatable bonds is 4. The minimum absolute atomic E-state index is 0.492. The minimum Gasteiger partial charge on any atom is -0.394 e. The molecule has 0 spiro atoms. The third-order valence-electron chi connectivity index (χ3n) is 4.55. The van der Waals surface area contributed by atoms with E-state index in [1.165, 1.54) is 18.1 Å². The van der Waals surface area contributed by atoms with Crippen molar-refractivity contribution >= 4 is 50.8 Å². The Kier molecular flexibility index (Phi) is 4.42. The fraction of sp³-hybridized carbons (Fsp3) is 0. The third-order valence-corrected chi connectivity index (χ3v) is 5.62. The first-order chi connectivity index (χ1) is 14.3. The monoisotopic (exact) mass is 396 g/mol. The second kappa shape index (κ2) is 7.37. The summed E-state index contributed by atoms with van der Waals surface area (Å²) >= 11 is 1.48. The van der Waals surface area contributed by atoms with E-state index in [4.69, 9.17) is 5.73 Å². The quantitative estimate of drug-likeness (QED) is 0.411. The van der Waals surface area contributed by atoms with Crippen LogP contribution in [0.5, 0.6) is 0 Å². The second-order valence-electron chi connectivity index (χ2n) is 6.38. The van der Waals surface area contributed by atoms with Gasteiger partial charge in [-0.25, -0.2) is 9.97 Å². The molecule has 3 heterocycles. The van der Waals surface area contributed by atoms with Crippen LogP contribution in [0.15, 0.2) is 89.3 Å². The SMILES string of the molecule is Nc1c(Nc2cccc3ncccc23)ncnc1Sc1cccc2cccnc12. The highest BCUT2D eigenvalue weighted by atomic mass is 32.2. The number of hydrogen-bond donors (Lipinski definition) is 2. The zero-order valence-corrected chi connectivity index (χ0v) is 16.1. The van der Waals surface area contributed by atoms with Crippen molar-refractivity contribution in [3.05, 3.63) is 79.4 Å². The van der Waals surface area contributed by atoms with E-state index in [0.717, 1.165) is 32.4 Å². The Labute approximate surface area is 171 Å². The fourth-order valence-electron chi connectivity index (χ4n) is 3.16. The third kappa shape index (κ3) is 3.32. The number of nitrogens with one attached hydrogen (secondary N) is 1. The Bertz CT molecular complexity index is 1230. The van der Waals surface area contributed by atoms with Crippen LogP contribution in [0.3, 0.4) is 0 Å². The highest BCUT2D eigenvalue weighted by Crippen LogP contribution is 2.37. The van der Waals surface area contributed by atoms with Crippen LogP contribution in [0.4, 0.5) is 17.2 Å². The van der Waals surface area contributed by atoms with Gasteiger partial charge in [0.2, 0.25) is 0 Å². The van der Waals surface area contributed by atoms with Gasteiger partial charge >= 0.3 is 0 Å². The lowest BCUT2D eigenvalue weighted by atomic mass is 10.2. The Balaban J connectivity index is 1.52. The molecule has 3 aromatic heterocycles. The van der Waals surface area contributed by atoms with Crippen molar-refractivity contribution in [3.63, 3.8) is 0 Å². The Hall–Kier alpha value is -3.71. The molecule has 0 radical (unpaired) electrons. The summed E-state index contributed by atoms with van der Waals surface area (Å²) in [6, 6.07) is 19.9. The number of nitrogens with zero attached hydrogens (tertiary/aromatic N) is 4. The highest BCUT2D eigenvalue weighted by molar-refractivity contribution is 7.99. The molecule has 7 heteroatoms. The van der Waals surface area contributed by atoms with Crippen LogP contribution in [0.1, 0.15) is 0 Å². The van der Waals surface area contributed by atoms with Gasteiger partial charge in [-0.3, -0.25) is 9.97 Å². The molecule has 0 unspecified atom stereocenters. The van der Waals surface area contributed by atoms with Crippen LogP contribution in [0.25, 0.3) is 21.8 Å². The molecule has 0 bridgehead atoms. The van der Waals surface area contributed by atoms with Gasteiger partial charge in [0.15, 0.2) is 5.82 Å². The van der Waals surface area contributed by atoms with Crippen LogP contribution < -0.4 is 11.1 Å². The lowest BCUT2D eigenvalue weighted by molar-refractivity contribution is 1.06. The van der Waals surface area contributed by atoms with Crippen LogP contribution in [0.2, 0.25) is 0 Å². The second-order valence-corrected chi connectivity index (χ2v) is 7.41. The van der Waals surface area contributed by atoms with Crippen molar-refractivity contribution in [2.45, 2.75) is 9.92 Å². The summed E-state index contributed by atoms with van der Waals surface area (Å²) in [5.74, 6) is 0.562. The standard InChI is InChI=1S/C22H16N6S/c23-19-21(28-17-9-2-8-16-15(17)7-4-11-24-16)26-13-27-22(19)29-18-10-1-5-14-6-3-12-25-20(14)18/h1-13H,23H2,(H,26,27,28). The Morgan fingerprint density at radius 1 is 0.793 bits per heavy atom. The molecule has 0 aliphatic carbocycles. The number of aromatic nitrogens is 4. The molecule has 0 saturated carbocycles. The molecule has 5 rings (SSSR count). The van der Waals surface area contributed by atoms with Gasteiger partial charge in [0.25, 0.3) is 0 Å². The summed E-state index contributed by atoms with van der Waals surface area (Å²) < 4.78 is 0. The van der Waals surface area contributed by atoms with E-state index < -0.39 is 0 Å². The zero-order chi connectivity index (χ0) is 19.6. The number of hydrogen-bond acceptors (Lipinski definition) is 7. The van der Waals surface area contributed by atoms with Gasteiger partial charge in [-0.1, -0.05) is 36.0 Å². The molecule has 0 aliphatic rings. The summed E-state index contributed by atoms with van der Waals surface area (Å²) in [5, 5.41) is 6.09. The van der Waals surface area contributed by atoms with Gasteiger partial charge in [0.1, 0.15) is 17.0 Å². The molecule has 0 amide bonds. The normalized spacial score (nSPS) is 11.0. The van der Waals surface area contributed by atoms with E-state index >= 15 is 0 Å². The van der Waals surface area contributed by atoms with Crippen LogP contribution in [0, 0.1) is 0 Å². The first-order valence-corrected chi connectivity index (χ1v) is 9.84. The molecular formula is C22H16N6S. The number of benzene rings is 2. The van der Waals surface area contributed by atoms with Gasteiger partial charge in [0.05, 0.1) is 11.0 Å². The number of nitrogen functional groups attached to an aromatic ring is 1. The van der Waals surface area contributed by atoms with E-state index in [9.17, 15) is 0 Å². The average molecular weight is 396 g/mol. The fourth-order valence-corrected chi connectivity index (χ4v) is 4.09. The maximum Gasteiger partial charge on any atom is 0.158 e. The molecule has 0 aliphatic heterocycles. The highest BCUT2D eigenvalue weighted by Gasteiger charge is 2.13. The van der Waals surface area contributed by atoms with E-state index in [1.54, 1.807) is 12.4 Å². The van der Waals surface area contributed by atoms with Crippen molar-refractivity contribution in [3.8, 4) is 0 Å². The smallest absolute Gasteiger partial charge is 0.158 e.